The third-order valence-corrected chi connectivity index (χ3v) is 2.99. The summed E-state index contributed by atoms with van der Waals surface area (Å²) in [6.45, 7) is 3.46. The first-order valence-corrected chi connectivity index (χ1v) is 6.98. The van der Waals surface area contributed by atoms with Gasteiger partial charge in [0.05, 0.1) is 5.56 Å². The SMILES string of the molecule is CCCNc1cccc(COc2cccc(C(=O)O)c2)c1. The molecule has 0 aliphatic carbocycles. The van der Waals surface area contributed by atoms with Crippen LogP contribution in [-0.2, 0) is 6.61 Å². The highest BCUT2D eigenvalue weighted by molar-refractivity contribution is 5.87. The van der Waals surface area contributed by atoms with Gasteiger partial charge in [-0.2, -0.15) is 0 Å². The molecule has 2 aromatic carbocycles. The molecule has 4 nitrogen and oxygen atoms in total. The highest BCUT2D eigenvalue weighted by atomic mass is 16.5. The Labute approximate surface area is 124 Å². The minimum atomic E-state index is -0.953. The van der Waals surface area contributed by atoms with Gasteiger partial charge >= 0.3 is 5.97 Å². The zero-order valence-corrected chi connectivity index (χ0v) is 12.0. The molecule has 2 aromatic rings. The molecule has 4 heteroatoms. The largest absolute Gasteiger partial charge is 0.489 e. The second kappa shape index (κ2) is 7.33. The highest BCUT2D eigenvalue weighted by Gasteiger charge is 2.04. The molecule has 0 heterocycles. The highest BCUT2D eigenvalue weighted by Crippen LogP contribution is 2.17. The predicted molar refractivity (Wildman–Crippen MR) is 83.0 cm³/mol. The van der Waals surface area contributed by atoms with Crippen LogP contribution in [0.3, 0.4) is 0 Å². The van der Waals surface area contributed by atoms with Crippen molar-refractivity contribution in [3.63, 3.8) is 0 Å². The predicted octanol–water partition coefficient (Wildman–Crippen LogP) is 3.79. The molecule has 0 aliphatic heterocycles. The van der Waals surface area contributed by atoms with Crippen LogP contribution in [0.1, 0.15) is 29.3 Å². The van der Waals surface area contributed by atoms with Gasteiger partial charge in [0.1, 0.15) is 12.4 Å². The summed E-state index contributed by atoms with van der Waals surface area (Å²) in [5, 5.41) is 12.3. The Balaban J connectivity index is 1.99. The molecule has 110 valence electrons. The van der Waals surface area contributed by atoms with Gasteiger partial charge in [0.2, 0.25) is 0 Å². The third kappa shape index (κ3) is 4.53. The molecule has 0 amide bonds. The molecule has 0 saturated carbocycles. The molecule has 0 fully saturated rings. The van der Waals surface area contributed by atoms with Crippen LogP contribution in [0.25, 0.3) is 0 Å². The van der Waals surface area contributed by atoms with E-state index in [1.165, 1.54) is 6.07 Å². The van der Waals surface area contributed by atoms with E-state index in [-0.39, 0.29) is 5.56 Å². The first-order chi connectivity index (χ1) is 10.2. The van der Waals surface area contributed by atoms with Crippen LogP contribution < -0.4 is 10.1 Å². The minimum Gasteiger partial charge on any atom is -0.489 e. The number of benzene rings is 2. The van der Waals surface area contributed by atoms with Crippen LogP contribution in [0.2, 0.25) is 0 Å². The van der Waals surface area contributed by atoms with E-state index in [0.717, 1.165) is 24.2 Å². The molecule has 0 saturated heterocycles. The second-order valence-corrected chi connectivity index (χ2v) is 4.75. The summed E-state index contributed by atoms with van der Waals surface area (Å²) in [4.78, 5) is 10.9. The monoisotopic (exact) mass is 285 g/mol. The van der Waals surface area contributed by atoms with Crippen molar-refractivity contribution in [3.05, 3.63) is 59.7 Å². The van der Waals surface area contributed by atoms with Crippen LogP contribution in [0.5, 0.6) is 5.75 Å². The van der Waals surface area contributed by atoms with E-state index < -0.39 is 5.97 Å². The Hall–Kier alpha value is -2.49. The fraction of sp³-hybridized carbons (Fsp3) is 0.235. The van der Waals surface area contributed by atoms with E-state index in [4.69, 9.17) is 9.84 Å². The minimum absolute atomic E-state index is 0.228. The van der Waals surface area contributed by atoms with Crippen molar-refractivity contribution in [1.29, 1.82) is 0 Å². The molecular weight excluding hydrogens is 266 g/mol. The maximum Gasteiger partial charge on any atom is 0.335 e. The Bertz CT molecular complexity index is 610. The average Bonchev–Trinajstić information content (AvgIpc) is 2.51. The van der Waals surface area contributed by atoms with Crippen molar-refractivity contribution in [2.75, 3.05) is 11.9 Å². The lowest BCUT2D eigenvalue weighted by Gasteiger charge is -2.09. The summed E-state index contributed by atoms with van der Waals surface area (Å²) in [5.74, 6) is -0.395. The summed E-state index contributed by atoms with van der Waals surface area (Å²) in [6.07, 6.45) is 1.07. The van der Waals surface area contributed by atoms with Crippen LogP contribution in [-0.4, -0.2) is 17.6 Å². The fourth-order valence-electron chi connectivity index (χ4n) is 1.93. The van der Waals surface area contributed by atoms with Gasteiger partial charge in [0.25, 0.3) is 0 Å². The lowest BCUT2D eigenvalue weighted by molar-refractivity contribution is 0.0696. The lowest BCUT2D eigenvalue weighted by atomic mass is 10.2. The van der Waals surface area contributed by atoms with E-state index in [1.807, 2.05) is 24.3 Å². The first kappa shape index (κ1) is 14.9. The number of carbonyl (C=O) groups is 1. The van der Waals surface area contributed by atoms with Crippen molar-refractivity contribution in [1.82, 2.24) is 0 Å². The molecule has 0 aliphatic rings. The maximum atomic E-state index is 10.9. The fourth-order valence-corrected chi connectivity index (χ4v) is 1.93. The van der Waals surface area contributed by atoms with Gasteiger partial charge in [-0.1, -0.05) is 25.1 Å². The molecule has 0 bridgehead atoms. The van der Waals surface area contributed by atoms with Crippen molar-refractivity contribution >= 4 is 11.7 Å². The maximum absolute atomic E-state index is 10.9. The molecule has 2 N–H and O–H groups in total. The normalized spacial score (nSPS) is 10.1. The molecule has 0 spiro atoms. The number of anilines is 1. The van der Waals surface area contributed by atoms with Crippen molar-refractivity contribution in [2.24, 2.45) is 0 Å². The number of hydrogen-bond donors (Lipinski definition) is 2. The van der Waals surface area contributed by atoms with Crippen LogP contribution in [0.15, 0.2) is 48.5 Å². The van der Waals surface area contributed by atoms with E-state index >= 15 is 0 Å². The van der Waals surface area contributed by atoms with Gasteiger partial charge in [-0.25, -0.2) is 4.79 Å². The first-order valence-electron chi connectivity index (χ1n) is 6.98. The summed E-state index contributed by atoms with van der Waals surface area (Å²) >= 11 is 0. The van der Waals surface area contributed by atoms with Crippen LogP contribution in [0.4, 0.5) is 5.69 Å². The quantitative estimate of drug-likeness (QED) is 0.812. The van der Waals surface area contributed by atoms with Crippen LogP contribution in [0, 0.1) is 0 Å². The molecule has 0 aromatic heterocycles. The summed E-state index contributed by atoms with van der Waals surface area (Å²) < 4.78 is 5.65. The zero-order chi connectivity index (χ0) is 15.1. The zero-order valence-electron chi connectivity index (χ0n) is 12.0. The van der Waals surface area contributed by atoms with E-state index in [0.29, 0.717) is 12.4 Å². The number of rotatable bonds is 7. The van der Waals surface area contributed by atoms with Crippen molar-refractivity contribution in [3.8, 4) is 5.75 Å². The Morgan fingerprint density at radius 3 is 2.76 bits per heavy atom. The summed E-state index contributed by atoms with van der Waals surface area (Å²) in [7, 11) is 0. The number of carboxylic acid groups (broad SMARTS) is 1. The number of nitrogens with one attached hydrogen (secondary N) is 1. The van der Waals surface area contributed by atoms with Crippen LogP contribution >= 0.6 is 0 Å². The number of ether oxygens (including phenoxy) is 1. The van der Waals surface area contributed by atoms with E-state index in [1.54, 1.807) is 18.2 Å². The molecule has 2 rings (SSSR count). The number of carboxylic acids is 1. The topological polar surface area (TPSA) is 58.6 Å². The Morgan fingerprint density at radius 2 is 2.00 bits per heavy atom. The molecule has 21 heavy (non-hydrogen) atoms. The smallest absolute Gasteiger partial charge is 0.335 e. The summed E-state index contributed by atoms with van der Waals surface area (Å²) in [6, 6.07) is 14.5. The average molecular weight is 285 g/mol. The van der Waals surface area contributed by atoms with E-state index in [9.17, 15) is 4.79 Å². The Morgan fingerprint density at radius 1 is 1.19 bits per heavy atom. The molecule has 0 atom stereocenters. The van der Waals surface area contributed by atoms with Gasteiger partial charge in [0, 0.05) is 12.2 Å². The molecule has 0 unspecified atom stereocenters. The Kier molecular flexibility index (Phi) is 5.21. The van der Waals surface area contributed by atoms with Crippen molar-refractivity contribution in [2.45, 2.75) is 20.0 Å². The summed E-state index contributed by atoms with van der Waals surface area (Å²) in [5.41, 5.74) is 2.33. The number of hydrogen-bond acceptors (Lipinski definition) is 3. The van der Waals surface area contributed by atoms with Gasteiger partial charge < -0.3 is 15.2 Å². The van der Waals surface area contributed by atoms with Crippen molar-refractivity contribution < 1.29 is 14.6 Å². The second-order valence-electron chi connectivity index (χ2n) is 4.75. The number of aromatic carboxylic acids is 1. The van der Waals surface area contributed by atoms with Gasteiger partial charge in [-0.3, -0.25) is 0 Å². The molecule has 0 radical (unpaired) electrons. The van der Waals surface area contributed by atoms with Gasteiger partial charge in [-0.15, -0.1) is 0 Å². The third-order valence-electron chi connectivity index (χ3n) is 2.99. The van der Waals surface area contributed by atoms with E-state index in [2.05, 4.69) is 12.2 Å². The van der Waals surface area contributed by atoms with Gasteiger partial charge in [-0.05, 0) is 42.3 Å². The lowest BCUT2D eigenvalue weighted by Crippen LogP contribution is -2.02. The standard InChI is InChI=1S/C17H19NO3/c1-2-9-18-15-7-3-5-13(10-15)12-21-16-8-4-6-14(11-16)17(19)20/h3-8,10-11,18H,2,9,12H2,1H3,(H,19,20). The van der Waals surface area contributed by atoms with Gasteiger partial charge in [0.15, 0.2) is 0 Å². The molecular formula is C17H19NO3.